The molecule has 0 atom stereocenters. The van der Waals surface area contributed by atoms with Crippen LogP contribution in [-0.4, -0.2) is 44.0 Å². The molecule has 0 saturated heterocycles. The molecule has 0 saturated carbocycles. The van der Waals surface area contributed by atoms with E-state index in [2.05, 4.69) is 35.8 Å². The number of nitrogens with zero attached hydrogens (tertiary/aromatic N) is 6. The van der Waals surface area contributed by atoms with E-state index in [9.17, 15) is 4.79 Å². The number of anilines is 1. The number of hydrazone groups is 1. The van der Waals surface area contributed by atoms with Gasteiger partial charge in [0.05, 0.1) is 18.5 Å². The van der Waals surface area contributed by atoms with Gasteiger partial charge < -0.3 is 10.5 Å². The summed E-state index contributed by atoms with van der Waals surface area (Å²) in [5.41, 5.74) is 9.57. The van der Waals surface area contributed by atoms with Crippen molar-refractivity contribution < 1.29 is 14.2 Å². The summed E-state index contributed by atoms with van der Waals surface area (Å²) in [5, 5.41) is 19.1. The van der Waals surface area contributed by atoms with Crippen molar-refractivity contribution in [2.75, 3.05) is 12.3 Å². The maximum Gasteiger partial charge on any atom is 0.293 e. The summed E-state index contributed by atoms with van der Waals surface area (Å²) in [4.78, 5) is 12.5. The van der Waals surface area contributed by atoms with Gasteiger partial charge in [0.25, 0.3) is 5.91 Å². The predicted molar refractivity (Wildman–Crippen MR) is 100 cm³/mol. The molecule has 2 aromatic heterocycles. The topological polar surface area (TPSA) is 146 Å². The number of aromatic nitrogens is 5. The zero-order chi connectivity index (χ0) is 19.9. The summed E-state index contributed by atoms with van der Waals surface area (Å²) in [6.07, 6.45) is 2.79. The van der Waals surface area contributed by atoms with Gasteiger partial charge in [0.2, 0.25) is 11.6 Å². The van der Waals surface area contributed by atoms with E-state index >= 15 is 0 Å². The Labute approximate surface area is 160 Å². The van der Waals surface area contributed by atoms with Crippen molar-refractivity contribution in [1.29, 1.82) is 0 Å². The highest BCUT2D eigenvalue weighted by Crippen LogP contribution is 2.17. The number of ether oxygens (including phenoxy) is 1. The van der Waals surface area contributed by atoms with E-state index in [1.54, 1.807) is 0 Å². The molecule has 0 spiro atoms. The van der Waals surface area contributed by atoms with Crippen LogP contribution >= 0.6 is 0 Å². The average Bonchev–Trinajstić information content (AvgIpc) is 3.29. The maximum atomic E-state index is 12.5. The summed E-state index contributed by atoms with van der Waals surface area (Å²) >= 11 is 0. The van der Waals surface area contributed by atoms with Crippen LogP contribution in [0.4, 0.5) is 5.82 Å². The molecule has 0 unspecified atom stereocenters. The Hall–Kier alpha value is -3.76. The minimum absolute atomic E-state index is 0.0553. The van der Waals surface area contributed by atoms with Gasteiger partial charge in [-0.25, -0.2) is 10.1 Å². The van der Waals surface area contributed by atoms with Crippen molar-refractivity contribution >= 4 is 17.9 Å². The van der Waals surface area contributed by atoms with Crippen LogP contribution < -0.4 is 15.9 Å². The molecule has 146 valence electrons. The van der Waals surface area contributed by atoms with E-state index in [0.29, 0.717) is 24.5 Å². The van der Waals surface area contributed by atoms with Gasteiger partial charge in [-0.05, 0) is 35.8 Å². The first-order valence-corrected chi connectivity index (χ1v) is 8.73. The fraction of sp³-hybridized carbons (Fsp3) is 0.294. The quantitative estimate of drug-likeness (QED) is 0.437. The SMILES string of the molecule is CCCc1c(C(=O)NN=Cc2ccccc2OCC)nnn1-c1nonc1N. The van der Waals surface area contributed by atoms with E-state index in [0.717, 1.165) is 12.0 Å². The minimum atomic E-state index is -0.505. The number of nitrogens with two attached hydrogens (primary N) is 1. The molecule has 0 bridgehead atoms. The Kier molecular flexibility index (Phi) is 5.94. The van der Waals surface area contributed by atoms with Crippen LogP contribution in [0.25, 0.3) is 5.82 Å². The Morgan fingerprint density at radius 2 is 2.18 bits per heavy atom. The van der Waals surface area contributed by atoms with Crippen LogP contribution in [0.1, 0.15) is 42.0 Å². The second kappa shape index (κ2) is 8.75. The van der Waals surface area contributed by atoms with Crippen LogP contribution in [0.2, 0.25) is 0 Å². The third kappa shape index (κ3) is 3.98. The minimum Gasteiger partial charge on any atom is -0.493 e. The number of rotatable bonds is 8. The van der Waals surface area contributed by atoms with Crippen molar-refractivity contribution in [3.63, 3.8) is 0 Å². The van der Waals surface area contributed by atoms with Crippen molar-refractivity contribution in [3.8, 4) is 11.6 Å². The molecule has 28 heavy (non-hydrogen) atoms. The molecule has 3 N–H and O–H groups in total. The highest BCUT2D eigenvalue weighted by Gasteiger charge is 2.23. The molecular formula is C17H20N8O3. The average molecular weight is 384 g/mol. The number of hydrogen-bond donors (Lipinski definition) is 2. The van der Waals surface area contributed by atoms with Gasteiger partial charge in [-0.1, -0.05) is 30.7 Å². The van der Waals surface area contributed by atoms with E-state index in [4.69, 9.17) is 10.5 Å². The number of hydrogen-bond acceptors (Lipinski definition) is 9. The third-order valence-corrected chi connectivity index (χ3v) is 3.75. The van der Waals surface area contributed by atoms with Crippen LogP contribution in [0.3, 0.4) is 0 Å². The molecule has 2 heterocycles. The Morgan fingerprint density at radius 3 is 2.89 bits per heavy atom. The number of nitrogens with one attached hydrogen (secondary N) is 1. The molecule has 1 amide bonds. The molecular weight excluding hydrogens is 364 g/mol. The molecule has 1 aromatic carbocycles. The van der Waals surface area contributed by atoms with Crippen molar-refractivity contribution in [1.82, 2.24) is 30.7 Å². The molecule has 0 aliphatic rings. The zero-order valence-electron chi connectivity index (χ0n) is 15.5. The van der Waals surface area contributed by atoms with Crippen molar-refractivity contribution in [2.24, 2.45) is 5.10 Å². The summed E-state index contributed by atoms with van der Waals surface area (Å²) < 4.78 is 11.5. The highest BCUT2D eigenvalue weighted by molar-refractivity contribution is 5.94. The van der Waals surface area contributed by atoms with Gasteiger partial charge in [-0.2, -0.15) is 9.78 Å². The molecule has 3 rings (SSSR count). The van der Waals surface area contributed by atoms with Crippen LogP contribution in [0.5, 0.6) is 5.75 Å². The first-order chi connectivity index (χ1) is 13.7. The normalized spacial score (nSPS) is 11.1. The lowest BCUT2D eigenvalue weighted by Crippen LogP contribution is -2.20. The third-order valence-electron chi connectivity index (χ3n) is 3.75. The van der Waals surface area contributed by atoms with Crippen molar-refractivity contribution in [2.45, 2.75) is 26.7 Å². The lowest BCUT2D eigenvalue weighted by Gasteiger charge is -2.06. The Morgan fingerprint density at radius 1 is 1.36 bits per heavy atom. The van der Waals surface area contributed by atoms with Crippen LogP contribution in [0, 0.1) is 0 Å². The Bertz CT molecular complexity index is 978. The fourth-order valence-electron chi connectivity index (χ4n) is 2.53. The molecule has 0 fully saturated rings. The number of nitrogen functional groups attached to an aromatic ring is 1. The molecule has 0 aliphatic heterocycles. The first-order valence-electron chi connectivity index (χ1n) is 8.73. The second-order valence-corrected chi connectivity index (χ2v) is 5.69. The first kappa shape index (κ1) is 19.0. The standard InChI is InChI=1S/C17H20N8O3/c1-3-7-12-14(20-24-25(12)16-15(18)22-28-23-16)17(26)21-19-10-11-8-5-6-9-13(11)27-4-2/h5-6,8-10H,3-4,7H2,1-2H3,(H2,18,22)(H,21,26). The smallest absolute Gasteiger partial charge is 0.293 e. The zero-order valence-corrected chi connectivity index (χ0v) is 15.5. The van der Waals surface area contributed by atoms with Gasteiger partial charge in [-0.3, -0.25) is 4.79 Å². The van der Waals surface area contributed by atoms with Gasteiger partial charge >= 0.3 is 0 Å². The molecule has 0 aliphatic carbocycles. The van der Waals surface area contributed by atoms with Crippen LogP contribution in [0.15, 0.2) is 34.0 Å². The van der Waals surface area contributed by atoms with Gasteiger partial charge in [-0.15, -0.1) is 5.10 Å². The van der Waals surface area contributed by atoms with Crippen molar-refractivity contribution in [3.05, 3.63) is 41.2 Å². The Balaban J connectivity index is 1.80. The lowest BCUT2D eigenvalue weighted by atomic mass is 10.2. The summed E-state index contributed by atoms with van der Waals surface area (Å²) in [6, 6.07) is 7.38. The monoisotopic (exact) mass is 384 g/mol. The molecule has 11 nitrogen and oxygen atoms in total. The van der Waals surface area contributed by atoms with E-state index < -0.39 is 5.91 Å². The summed E-state index contributed by atoms with van der Waals surface area (Å²) in [7, 11) is 0. The largest absolute Gasteiger partial charge is 0.493 e. The summed E-state index contributed by atoms with van der Waals surface area (Å²) in [5.74, 6) is 0.411. The maximum absolute atomic E-state index is 12.5. The fourth-order valence-corrected chi connectivity index (χ4v) is 2.53. The van der Waals surface area contributed by atoms with Crippen LogP contribution in [-0.2, 0) is 6.42 Å². The van der Waals surface area contributed by atoms with E-state index in [-0.39, 0.29) is 17.3 Å². The lowest BCUT2D eigenvalue weighted by molar-refractivity contribution is 0.0949. The van der Waals surface area contributed by atoms with Gasteiger partial charge in [0.15, 0.2) is 5.69 Å². The number of para-hydroxylation sites is 1. The van der Waals surface area contributed by atoms with Gasteiger partial charge in [0.1, 0.15) is 5.75 Å². The molecule has 11 heteroatoms. The second-order valence-electron chi connectivity index (χ2n) is 5.69. The number of carbonyl (C=O) groups excluding carboxylic acids is 1. The predicted octanol–water partition coefficient (Wildman–Crippen LogP) is 1.35. The molecule has 3 aromatic rings. The molecule has 0 radical (unpaired) electrons. The van der Waals surface area contributed by atoms with E-state index in [1.165, 1.54) is 10.9 Å². The van der Waals surface area contributed by atoms with E-state index in [1.807, 2.05) is 38.1 Å². The summed E-state index contributed by atoms with van der Waals surface area (Å²) in [6.45, 7) is 4.39. The number of benzene rings is 1. The highest BCUT2D eigenvalue weighted by atomic mass is 16.6. The number of amides is 1. The number of carbonyl (C=O) groups is 1. The van der Waals surface area contributed by atoms with Gasteiger partial charge in [0, 0.05) is 5.56 Å².